The summed E-state index contributed by atoms with van der Waals surface area (Å²) in [6.07, 6.45) is 0.0529. The van der Waals surface area contributed by atoms with Crippen molar-refractivity contribution < 1.29 is 14.0 Å². The van der Waals surface area contributed by atoms with Crippen molar-refractivity contribution in [2.45, 2.75) is 12.5 Å². The topological polar surface area (TPSA) is 114 Å². The number of hydrogen-bond acceptors (Lipinski definition) is 7. The summed E-state index contributed by atoms with van der Waals surface area (Å²) in [5, 5.41) is 15.6. The molecule has 2 amide bonds. The molecule has 0 saturated carbocycles. The summed E-state index contributed by atoms with van der Waals surface area (Å²) >= 11 is 1.16. The minimum atomic E-state index is -0.810. The number of amides is 2. The molecule has 0 radical (unpaired) electrons. The van der Waals surface area contributed by atoms with Crippen molar-refractivity contribution >= 4 is 39.7 Å². The van der Waals surface area contributed by atoms with Crippen molar-refractivity contribution in [2.24, 2.45) is 10.8 Å². The SMILES string of the molecule is NC(=O)C1CC(C(=O)Nc2nncs2)=NN1c1ccc(F)cc1. The first-order valence-corrected chi connectivity index (χ1v) is 7.41. The van der Waals surface area contributed by atoms with E-state index < -0.39 is 23.7 Å². The van der Waals surface area contributed by atoms with Crippen molar-refractivity contribution in [3.8, 4) is 0 Å². The van der Waals surface area contributed by atoms with Gasteiger partial charge in [-0.05, 0) is 24.3 Å². The highest BCUT2D eigenvalue weighted by molar-refractivity contribution is 7.13. The van der Waals surface area contributed by atoms with Crippen LogP contribution in [0.2, 0.25) is 0 Å². The number of hydrazone groups is 1. The minimum absolute atomic E-state index is 0.0529. The highest BCUT2D eigenvalue weighted by atomic mass is 32.1. The van der Waals surface area contributed by atoms with Gasteiger partial charge in [-0.3, -0.25) is 19.9 Å². The molecule has 1 unspecified atom stereocenters. The van der Waals surface area contributed by atoms with Crippen LogP contribution in [0, 0.1) is 5.82 Å². The number of benzene rings is 1. The lowest BCUT2D eigenvalue weighted by atomic mass is 10.1. The Morgan fingerprint density at radius 3 is 2.70 bits per heavy atom. The highest BCUT2D eigenvalue weighted by Gasteiger charge is 2.35. The van der Waals surface area contributed by atoms with E-state index in [1.165, 1.54) is 34.8 Å². The Kier molecular flexibility index (Phi) is 3.98. The molecule has 1 aromatic heterocycles. The lowest BCUT2D eigenvalue weighted by Gasteiger charge is -2.20. The summed E-state index contributed by atoms with van der Waals surface area (Å²) in [6.45, 7) is 0. The number of hydrogen-bond donors (Lipinski definition) is 2. The first kappa shape index (κ1) is 15.0. The fourth-order valence-electron chi connectivity index (χ4n) is 2.10. The third-order valence-electron chi connectivity index (χ3n) is 3.17. The number of carbonyl (C=O) groups excluding carboxylic acids is 2. The van der Waals surface area contributed by atoms with Gasteiger partial charge in [0.25, 0.3) is 5.91 Å². The van der Waals surface area contributed by atoms with Gasteiger partial charge < -0.3 is 5.73 Å². The van der Waals surface area contributed by atoms with Gasteiger partial charge in [-0.1, -0.05) is 11.3 Å². The molecule has 2 aromatic rings. The molecule has 0 spiro atoms. The fraction of sp³-hybridized carbons (Fsp3) is 0.154. The molecule has 2 heterocycles. The molecule has 8 nitrogen and oxygen atoms in total. The number of halogens is 1. The van der Waals surface area contributed by atoms with Gasteiger partial charge in [-0.2, -0.15) is 5.10 Å². The van der Waals surface area contributed by atoms with Gasteiger partial charge in [-0.25, -0.2) is 4.39 Å². The molecule has 0 fully saturated rings. The maximum atomic E-state index is 13.0. The maximum absolute atomic E-state index is 13.0. The smallest absolute Gasteiger partial charge is 0.273 e. The molecule has 1 aliphatic heterocycles. The summed E-state index contributed by atoms with van der Waals surface area (Å²) in [5.74, 6) is -1.53. The Hall–Kier alpha value is -2.88. The largest absolute Gasteiger partial charge is 0.368 e. The van der Waals surface area contributed by atoms with Crippen molar-refractivity contribution in [3.63, 3.8) is 0 Å². The van der Waals surface area contributed by atoms with Crippen molar-refractivity contribution in [1.29, 1.82) is 0 Å². The quantitative estimate of drug-likeness (QED) is 0.856. The lowest BCUT2D eigenvalue weighted by Crippen LogP contribution is -2.39. The van der Waals surface area contributed by atoms with Crippen LogP contribution in [0.15, 0.2) is 34.9 Å². The minimum Gasteiger partial charge on any atom is -0.368 e. The second kappa shape index (κ2) is 6.08. The third-order valence-corrected chi connectivity index (χ3v) is 3.78. The molecule has 1 aromatic carbocycles. The van der Waals surface area contributed by atoms with Crippen LogP contribution >= 0.6 is 11.3 Å². The lowest BCUT2D eigenvalue weighted by molar-refractivity contribution is -0.119. The number of primary amides is 1. The van der Waals surface area contributed by atoms with Gasteiger partial charge in [0.2, 0.25) is 11.0 Å². The standard InChI is InChI=1S/C13H11FN6O2S/c14-7-1-3-8(4-2-7)20-10(11(15)21)5-9(19-20)12(22)17-13-18-16-6-23-13/h1-4,6,10H,5H2,(H2,15,21)(H,17,18,22). The zero-order valence-corrected chi connectivity index (χ0v) is 12.5. The molecule has 0 bridgehead atoms. The third kappa shape index (κ3) is 3.16. The average molecular weight is 334 g/mol. The number of aromatic nitrogens is 2. The van der Waals surface area contributed by atoms with E-state index in [0.717, 1.165) is 11.3 Å². The second-order valence-corrected chi connectivity index (χ2v) is 5.52. The Morgan fingerprint density at radius 1 is 1.35 bits per heavy atom. The van der Waals surface area contributed by atoms with Gasteiger partial charge in [0.1, 0.15) is 23.1 Å². The molecule has 1 aliphatic rings. The van der Waals surface area contributed by atoms with E-state index in [-0.39, 0.29) is 12.1 Å². The van der Waals surface area contributed by atoms with Crippen LogP contribution in [0.1, 0.15) is 6.42 Å². The van der Waals surface area contributed by atoms with E-state index in [1.54, 1.807) is 0 Å². The van der Waals surface area contributed by atoms with E-state index in [1.807, 2.05) is 0 Å². The molecular formula is C13H11FN6O2S. The first-order chi connectivity index (χ1) is 11.0. The van der Waals surface area contributed by atoms with E-state index in [0.29, 0.717) is 10.8 Å². The average Bonchev–Trinajstić information content (AvgIpc) is 3.17. The normalized spacial score (nSPS) is 17.0. The van der Waals surface area contributed by atoms with E-state index in [9.17, 15) is 14.0 Å². The predicted molar refractivity (Wildman–Crippen MR) is 82.5 cm³/mol. The summed E-state index contributed by atoms with van der Waals surface area (Å²) in [7, 11) is 0. The molecule has 23 heavy (non-hydrogen) atoms. The number of anilines is 2. The molecule has 0 aliphatic carbocycles. The number of nitrogens with zero attached hydrogens (tertiary/aromatic N) is 4. The molecule has 3 rings (SSSR count). The van der Waals surface area contributed by atoms with Crippen LogP contribution in [0.3, 0.4) is 0 Å². The van der Waals surface area contributed by atoms with Gasteiger partial charge >= 0.3 is 0 Å². The number of nitrogens with two attached hydrogens (primary N) is 1. The fourth-order valence-corrected chi connectivity index (χ4v) is 2.54. The number of carbonyl (C=O) groups is 2. The van der Waals surface area contributed by atoms with Crippen LogP contribution in [0.25, 0.3) is 0 Å². The Bertz CT molecular complexity index is 761. The molecule has 1 atom stereocenters. The van der Waals surface area contributed by atoms with Crippen LogP contribution in [-0.4, -0.2) is 33.8 Å². The van der Waals surface area contributed by atoms with Crippen LogP contribution in [0.4, 0.5) is 15.2 Å². The van der Waals surface area contributed by atoms with Crippen LogP contribution < -0.4 is 16.1 Å². The predicted octanol–water partition coefficient (Wildman–Crippen LogP) is 0.736. The Morgan fingerprint density at radius 2 is 2.09 bits per heavy atom. The van der Waals surface area contributed by atoms with E-state index in [2.05, 4.69) is 20.6 Å². The Labute approximate surface area is 133 Å². The van der Waals surface area contributed by atoms with E-state index in [4.69, 9.17) is 5.73 Å². The molecule has 10 heteroatoms. The molecular weight excluding hydrogens is 323 g/mol. The van der Waals surface area contributed by atoms with Gasteiger partial charge in [0.05, 0.1) is 5.69 Å². The van der Waals surface area contributed by atoms with E-state index >= 15 is 0 Å². The summed E-state index contributed by atoms with van der Waals surface area (Å²) in [5.41, 5.74) is 7.45. The number of nitrogens with one attached hydrogen (secondary N) is 1. The maximum Gasteiger partial charge on any atom is 0.273 e. The van der Waals surface area contributed by atoms with Crippen molar-refractivity contribution in [3.05, 3.63) is 35.6 Å². The van der Waals surface area contributed by atoms with Gasteiger partial charge in [0, 0.05) is 6.42 Å². The van der Waals surface area contributed by atoms with Gasteiger partial charge in [-0.15, -0.1) is 10.2 Å². The monoisotopic (exact) mass is 334 g/mol. The highest BCUT2D eigenvalue weighted by Crippen LogP contribution is 2.25. The zero-order valence-electron chi connectivity index (χ0n) is 11.6. The molecule has 3 N–H and O–H groups in total. The summed E-state index contributed by atoms with van der Waals surface area (Å²) < 4.78 is 13.0. The van der Waals surface area contributed by atoms with Gasteiger partial charge in [0.15, 0.2) is 0 Å². The molecule has 0 saturated heterocycles. The molecule has 118 valence electrons. The Balaban J connectivity index is 1.84. The van der Waals surface area contributed by atoms with Crippen molar-refractivity contribution in [2.75, 3.05) is 10.3 Å². The van der Waals surface area contributed by atoms with Crippen molar-refractivity contribution in [1.82, 2.24) is 10.2 Å². The first-order valence-electron chi connectivity index (χ1n) is 6.53. The van der Waals surface area contributed by atoms with Crippen LogP contribution in [-0.2, 0) is 9.59 Å². The summed E-state index contributed by atoms with van der Waals surface area (Å²) in [6, 6.07) is 4.58. The second-order valence-electron chi connectivity index (χ2n) is 4.69. The zero-order chi connectivity index (χ0) is 16.4. The number of rotatable bonds is 4. The summed E-state index contributed by atoms with van der Waals surface area (Å²) in [4.78, 5) is 23.8. The van der Waals surface area contributed by atoms with Crippen LogP contribution in [0.5, 0.6) is 0 Å².